The van der Waals surface area contributed by atoms with Gasteiger partial charge in [0.15, 0.2) is 6.61 Å². The number of ether oxygens (including phenoxy) is 1. The van der Waals surface area contributed by atoms with Crippen LogP contribution in [0.25, 0.3) is 0 Å². The summed E-state index contributed by atoms with van der Waals surface area (Å²) in [6.45, 7) is 1.41. The molecule has 1 heterocycles. The Morgan fingerprint density at radius 3 is 2.39 bits per heavy atom. The number of nitrogens with one attached hydrogen (secondary N) is 1. The van der Waals surface area contributed by atoms with Crippen LogP contribution in [0, 0.1) is 0 Å². The number of hydrogen-bond acceptors (Lipinski definition) is 5. The van der Waals surface area contributed by atoms with Crippen molar-refractivity contribution in [1.82, 2.24) is 5.32 Å². The number of carbonyl (C=O) groups is 4. The Hall–Kier alpha value is -3.48. The Kier molecular flexibility index (Phi) is 5.84. The maximum atomic E-state index is 12.2. The van der Waals surface area contributed by atoms with Crippen molar-refractivity contribution in [2.24, 2.45) is 0 Å². The number of carbonyl (C=O) groups excluding carboxylic acids is 4. The zero-order valence-corrected chi connectivity index (χ0v) is 15.4. The molecule has 1 aliphatic heterocycles. The van der Waals surface area contributed by atoms with Crippen molar-refractivity contribution in [3.8, 4) is 0 Å². The first-order valence-corrected chi connectivity index (χ1v) is 8.93. The van der Waals surface area contributed by atoms with Gasteiger partial charge in [0, 0.05) is 12.8 Å². The van der Waals surface area contributed by atoms with Gasteiger partial charge in [-0.05, 0) is 30.7 Å². The summed E-state index contributed by atoms with van der Waals surface area (Å²) in [7, 11) is 0. The van der Waals surface area contributed by atoms with Crippen LogP contribution < -0.4 is 10.2 Å². The molecule has 7 nitrogen and oxygen atoms in total. The number of anilines is 1. The summed E-state index contributed by atoms with van der Waals surface area (Å²) in [5.74, 6) is -1.73. The maximum Gasteiger partial charge on any atom is 0.338 e. The van der Waals surface area contributed by atoms with E-state index < -0.39 is 18.5 Å². The van der Waals surface area contributed by atoms with Crippen LogP contribution in [0.3, 0.4) is 0 Å². The van der Waals surface area contributed by atoms with Gasteiger partial charge < -0.3 is 10.1 Å². The van der Waals surface area contributed by atoms with E-state index in [9.17, 15) is 19.2 Å². The van der Waals surface area contributed by atoms with Crippen molar-refractivity contribution in [2.45, 2.75) is 25.8 Å². The molecule has 3 amide bonds. The van der Waals surface area contributed by atoms with Gasteiger partial charge in [0.2, 0.25) is 11.8 Å². The molecule has 0 radical (unpaired) electrons. The van der Waals surface area contributed by atoms with Gasteiger partial charge in [-0.3, -0.25) is 19.3 Å². The molecule has 1 atom stereocenters. The van der Waals surface area contributed by atoms with E-state index >= 15 is 0 Å². The van der Waals surface area contributed by atoms with E-state index in [1.54, 1.807) is 12.1 Å². The minimum Gasteiger partial charge on any atom is -0.452 e. The van der Waals surface area contributed by atoms with Crippen molar-refractivity contribution in [3.05, 3.63) is 65.7 Å². The highest BCUT2D eigenvalue weighted by Crippen LogP contribution is 2.23. The molecule has 2 aromatic rings. The molecule has 144 valence electrons. The third-order valence-corrected chi connectivity index (χ3v) is 4.40. The molecule has 1 saturated heterocycles. The van der Waals surface area contributed by atoms with Gasteiger partial charge in [0.25, 0.3) is 5.91 Å². The first-order chi connectivity index (χ1) is 13.5. The van der Waals surface area contributed by atoms with E-state index in [4.69, 9.17) is 4.74 Å². The smallest absolute Gasteiger partial charge is 0.338 e. The average molecular weight is 380 g/mol. The molecule has 0 aromatic heterocycles. The molecule has 0 spiro atoms. The van der Waals surface area contributed by atoms with Gasteiger partial charge in [-0.1, -0.05) is 36.4 Å². The van der Waals surface area contributed by atoms with E-state index in [-0.39, 0.29) is 36.3 Å². The summed E-state index contributed by atoms with van der Waals surface area (Å²) in [6.07, 6.45) is 0.320. The fraction of sp³-hybridized carbons (Fsp3) is 0.238. The number of rotatable bonds is 6. The van der Waals surface area contributed by atoms with E-state index in [2.05, 4.69) is 5.32 Å². The molecule has 0 aliphatic carbocycles. The Bertz CT molecular complexity index is 894. The Morgan fingerprint density at radius 2 is 1.71 bits per heavy atom. The quantitative estimate of drug-likeness (QED) is 0.614. The van der Waals surface area contributed by atoms with Crippen LogP contribution in [0.5, 0.6) is 0 Å². The minimum atomic E-state index is -0.705. The molecule has 0 unspecified atom stereocenters. The van der Waals surface area contributed by atoms with E-state index in [0.29, 0.717) is 5.69 Å². The van der Waals surface area contributed by atoms with Crippen molar-refractivity contribution < 1.29 is 23.9 Å². The Labute approximate surface area is 162 Å². The number of nitrogens with zero attached hydrogens (tertiary/aromatic N) is 1. The number of hydrogen-bond donors (Lipinski definition) is 1. The van der Waals surface area contributed by atoms with E-state index in [1.807, 2.05) is 37.3 Å². The molecule has 3 rings (SSSR count). The van der Waals surface area contributed by atoms with Crippen LogP contribution >= 0.6 is 0 Å². The highest BCUT2D eigenvalue weighted by atomic mass is 16.5. The first-order valence-electron chi connectivity index (χ1n) is 8.93. The van der Waals surface area contributed by atoms with E-state index in [0.717, 1.165) is 10.5 Å². The first kappa shape index (κ1) is 19.3. The molecule has 28 heavy (non-hydrogen) atoms. The average Bonchev–Trinajstić information content (AvgIpc) is 3.05. The highest BCUT2D eigenvalue weighted by Gasteiger charge is 2.30. The predicted octanol–water partition coefficient (Wildman–Crippen LogP) is 2.37. The normalized spacial score (nSPS) is 14.7. The van der Waals surface area contributed by atoms with E-state index in [1.165, 1.54) is 12.1 Å². The lowest BCUT2D eigenvalue weighted by atomic mass is 10.1. The molecule has 7 heteroatoms. The predicted molar refractivity (Wildman–Crippen MR) is 101 cm³/mol. The summed E-state index contributed by atoms with van der Waals surface area (Å²) in [6, 6.07) is 15.2. The third kappa shape index (κ3) is 4.43. The fourth-order valence-electron chi connectivity index (χ4n) is 2.96. The minimum absolute atomic E-state index is 0.160. The maximum absolute atomic E-state index is 12.2. The van der Waals surface area contributed by atoms with Crippen LogP contribution in [0.1, 0.15) is 41.7 Å². The summed E-state index contributed by atoms with van der Waals surface area (Å²) in [4.78, 5) is 49.0. The Morgan fingerprint density at radius 1 is 1.04 bits per heavy atom. The zero-order valence-electron chi connectivity index (χ0n) is 15.4. The van der Waals surface area contributed by atoms with Crippen molar-refractivity contribution >= 4 is 29.4 Å². The summed E-state index contributed by atoms with van der Waals surface area (Å²) >= 11 is 0. The molecular formula is C21H20N2O5. The largest absolute Gasteiger partial charge is 0.452 e. The van der Waals surface area contributed by atoms with Gasteiger partial charge >= 0.3 is 5.97 Å². The molecule has 1 aliphatic rings. The molecule has 0 bridgehead atoms. The van der Waals surface area contributed by atoms with Gasteiger partial charge in [0.1, 0.15) is 0 Å². The third-order valence-electron chi connectivity index (χ3n) is 4.40. The number of imide groups is 1. The van der Waals surface area contributed by atoms with Crippen molar-refractivity contribution in [1.29, 1.82) is 0 Å². The fourth-order valence-corrected chi connectivity index (χ4v) is 2.96. The summed E-state index contributed by atoms with van der Waals surface area (Å²) < 4.78 is 5.06. The second-order valence-electron chi connectivity index (χ2n) is 6.45. The molecular weight excluding hydrogens is 360 g/mol. The van der Waals surface area contributed by atoms with Gasteiger partial charge in [-0.2, -0.15) is 0 Å². The van der Waals surface area contributed by atoms with Crippen molar-refractivity contribution in [2.75, 3.05) is 11.5 Å². The second-order valence-corrected chi connectivity index (χ2v) is 6.45. The number of amides is 3. The Balaban J connectivity index is 1.58. The van der Waals surface area contributed by atoms with Crippen LogP contribution in [-0.4, -0.2) is 30.3 Å². The zero-order chi connectivity index (χ0) is 20.1. The molecule has 0 saturated carbocycles. The molecule has 1 fully saturated rings. The van der Waals surface area contributed by atoms with Crippen LogP contribution in [-0.2, 0) is 19.1 Å². The number of benzene rings is 2. The summed E-state index contributed by atoms with van der Waals surface area (Å²) in [5, 5.41) is 2.76. The van der Waals surface area contributed by atoms with Gasteiger partial charge in [0.05, 0.1) is 17.3 Å². The molecule has 2 aromatic carbocycles. The SMILES string of the molecule is C[C@@H](NC(=O)COC(=O)c1cccc(N2C(=O)CCC2=O)c1)c1ccccc1. The summed E-state index contributed by atoms with van der Waals surface area (Å²) in [5.41, 5.74) is 1.42. The second kappa shape index (κ2) is 8.47. The lowest BCUT2D eigenvalue weighted by molar-refractivity contribution is -0.125. The standard InChI is InChI=1S/C21H20N2O5/c1-14(15-6-3-2-4-7-15)22-18(24)13-28-21(27)16-8-5-9-17(12-16)23-19(25)10-11-20(23)26/h2-9,12,14H,10-11,13H2,1H3,(H,22,24)/t14-/m1/s1. The molecule has 1 N–H and O–H groups in total. The number of esters is 1. The highest BCUT2D eigenvalue weighted by molar-refractivity contribution is 6.20. The van der Waals surface area contributed by atoms with Gasteiger partial charge in [-0.15, -0.1) is 0 Å². The van der Waals surface area contributed by atoms with Crippen LogP contribution in [0.4, 0.5) is 5.69 Å². The monoisotopic (exact) mass is 380 g/mol. The lowest BCUT2D eigenvalue weighted by Crippen LogP contribution is -2.31. The van der Waals surface area contributed by atoms with Crippen LogP contribution in [0.2, 0.25) is 0 Å². The van der Waals surface area contributed by atoms with Crippen LogP contribution in [0.15, 0.2) is 54.6 Å². The lowest BCUT2D eigenvalue weighted by Gasteiger charge is -2.15. The van der Waals surface area contributed by atoms with Gasteiger partial charge in [-0.25, -0.2) is 4.79 Å². The topological polar surface area (TPSA) is 92.8 Å². The van der Waals surface area contributed by atoms with Crippen molar-refractivity contribution in [3.63, 3.8) is 0 Å².